The first-order valence-corrected chi connectivity index (χ1v) is 4.94. The molecule has 0 N–H and O–H groups in total. The van der Waals surface area contributed by atoms with E-state index < -0.39 is 0 Å². The average molecular weight is 200 g/mol. The van der Waals surface area contributed by atoms with Gasteiger partial charge in [-0.1, -0.05) is 6.58 Å². The summed E-state index contributed by atoms with van der Waals surface area (Å²) in [6, 6.07) is 0. The average Bonchev–Trinajstić information content (AvgIpc) is 2.16. The van der Waals surface area contributed by atoms with Gasteiger partial charge >= 0.3 is 0 Å². The number of carbonyl (C=O) groups is 1. The van der Waals surface area contributed by atoms with E-state index in [0.29, 0.717) is 31.8 Å². The minimum absolute atomic E-state index is 0.155. The number of methoxy groups -OCH3 is 1. The van der Waals surface area contributed by atoms with E-state index in [4.69, 9.17) is 9.47 Å². The number of ketones is 1. The summed E-state index contributed by atoms with van der Waals surface area (Å²) in [5.41, 5.74) is 0.644. The Bertz CT molecular complexity index is 175. The van der Waals surface area contributed by atoms with Gasteiger partial charge in [0.1, 0.15) is 0 Å². The minimum Gasteiger partial charge on any atom is -0.382 e. The van der Waals surface area contributed by atoms with Crippen LogP contribution in [-0.2, 0) is 14.3 Å². The van der Waals surface area contributed by atoms with Crippen LogP contribution in [0.25, 0.3) is 0 Å². The first kappa shape index (κ1) is 13.3. The van der Waals surface area contributed by atoms with Gasteiger partial charge in [0.15, 0.2) is 5.78 Å². The van der Waals surface area contributed by atoms with Crippen molar-refractivity contribution in [3.05, 3.63) is 12.2 Å². The van der Waals surface area contributed by atoms with Crippen LogP contribution < -0.4 is 0 Å². The molecule has 0 heterocycles. The van der Waals surface area contributed by atoms with E-state index >= 15 is 0 Å². The minimum atomic E-state index is 0.155. The third kappa shape index (κ3) is 7.95. The van der Waals surface area contributed by atoms with E-state index in [1.54, 1.807) is 14.0 Å². The van der Waals surface area contributed by atoms with Gasteiger partial charge in [-0.3, -0.25) is 4.79 Å². The van der Waals surface area contributed by atoms with Crippen LogP contribution in [0.3, 0.4) is 0 Å². The van der Waals surface area contributed by atoms with Gasteiger partial charge in [-0.05, 0) is 25.3 Å². The van der Waals surface area contributed by atoms with Gasteiger partial charge in [-0.25, -0.2) is 0 Å². The van der Waals surface area contributed by atoms with Crippen LogP contribution in [0.2, 0.25) is 0 Å². The standard InChI is InChI=1S/C11H20O3/c1-10(2)11(12)6-4-5-7-14-9-8-13-3/h1,4-9H2,2-3H3. The predicted molar refractivity (Wildman–Crippen MR) is 56.4 cm³/mol. The first-order chi connectivity index (χ1) is 6.68. The Hall–Kier alpha value is -0.670. The molecule has 0 rings (SSSR count). The molecule has 0 aliphatic carbocycles. The summed E-state index contributed by atoms with van der Waals surface area (Å²) >= 11 is 0. The fourth-order valence-electron chi connectivity index (χ4n) is 0.947. The lowest BCUT2D eigenvalue weighted by Gasteiger charge is -2.03. The fraction of sp³-hybridized carbons (Fsp3) is 0.727. The van der Waals surface area contributed by atoms with Crippen LogP contribution in [0.4, 0.5) is 0 Å². The first-order valence-electron chi connectivity index (χ1n) is 4.94. The number of hydrogen-bond donors (Lipinski definition) is 0. The molecule has 0 radical (unpaired) electrons. The number of ether oxygens (including phenoxy) is 2. The van der Waals surface area contributed by atoms with Crippen molar-refractivity contribution < 1.29 is 14.3 Å². The monoisotopic (exact) mass is 200 g/mol. The van der Waals surface area contributed by atoms with Crippen molar-refractivity contribution >= 4 is 5.78 Å². The van der Waals surface area contributed by atoms with Crippen molar-refractivity contribution in [2.45, 2.75) is 26.2 Å². The van der Waals surface area contributed by atoms with Crippen molar-refractivity contribution in [1.29, 1.82) is 0 Å². The summed E-state index contributed by atoms with van der Waals surface area (Å²) in [6.07, 6.45) is 2.38. The number of hydrogen-bond acceptors (Lipinski definition) is 3. The largest absolute Gasteiger partial charge is 0.382 e. The fourth-order valence-corrected chi connectivity index (χ4v) is 0.947. The van der Waals surface area contributed by atoms with Gasteiger partial charge in [0.2, 0.25) is 0 Å². The highest BCUT2D eigenvalue weighted by atomic mass is 16.5. The molecular formula is C11H20O3. The lowest BCUT2D eigenvalue weighted by Crippen LogP contribution is -2.04. The molecule has 0 aromatic heterocycles. The molecule has 14 heavy (non-hydrogen) atoms. The van der Waals surface area contributed by atoms with Crippen molar-refractivity contribution in [2.75, 3.05) is 26.9 Å². The highest BCUT2D eigenvalue weighted by molar-refractivity contribution is 5.93. The Morgan fingerprint density at radius 3 is 2.50 bits per heavy atom. The number of carbonyl (C=O) groups excluding carboxylic acids is 1. The smallest absolute Gasteiger partial charge is 0.157 e. The van der Waals surface area contributed by atoms with Crippen LogP contribution in [0.15, 0.2) is 12.2 Å². The second-order valence-corrected chi connectivity index (χ2v) is 3.27. The molecule has 0 atom stereocenters. The quantitative estimate of drug-likeness (QED) is 0.421. The van der Waals surface area contributed by atoms with Crippen LogP contribution >= 0.6 is 0 Å². The summed E-state index contributed by atoms with van der Waals surface area (Å²) < 4.78 is 10.1. The zero-order valence-electron chi connectivity index (χ0n) is 9.17. The molecule has 3 nitrogen and oxygen atoms in total. The van der Waals surface area contributed by atoms with Crippen molar-refractivity contribution in [3.63, 3.8) is 0 Å². The Labute approximate surface area is 86.1 Å². The SMILES string of the molecule is C=C(C)C(=O)CCCCOCCOC. The number of rotatable bonds is 9. The molecule has 0 saturated heterocycles. The van der Waals surface area contributed by atoms with Gasteiger partial charge in [-0.15, -0.1) is 0 Å². The van der Waals surface area contributed by atoms with Crippen molar-refractivity contribution in [1.82, 2.24) is 0 Å². The Morgan fingerprint density at radius 1 is 1.21 bits per heavy atom. The highest BCUT2D eigenvalue weighted by Crippen LogP contribution is 2.02. The van der Waals surface area contributed by atoms with E-state index in [9.17, 15) is 4.79 Å². The number of unbranched alkanes of at least 4 members (excludes halogenated alkanes) is 1. The molecule has 0 saturated carbocycles. The van der Waals surface area contributed by atoms with Crippen LogP contribution in [0.1, 0.15) is 26.2 Å². The third-order valence-corrected chi connectivity index (χ3v) is 1.85. The van der Waals surface area contributed by atoms with E-state index in [1.165, 1.54) is 0 Å². The van der Waals surface area contributed by atoms with Crippen molar-refractivity contribution in [2.24, 2.45) is 0 Å². The molecule has 0 aliphatic rings. The summed E-state index contributed by atoms with van der Waals surface area (Å²) in [6.45, 7) is 7.31. The molecular weight excluding hydrogens is 180 g/mol. The van der Waals surface area contributed by atoms with Gasteiger partial charge in [0, 0.05) is 20.1 Å². The lowest BCUT2D eigenvalue weighted by molar-refractivity contribution is -0.115. The van der Waals surface area contributed by atoms with Crippen LogP contribution in [0.5, 0.6) is 0 Å². The third-order valence-electron chi connectivity index (χ3n) is 1.85. The lowest BCUT2D eigenvalue weighted by atomic mass is 10.1. The summed E-state index contributed by atoms with van der Waals surface area (Å²) in [5, 5.41) is 0. The molecule has 0 aliphatic heterocycles. The Balaban J connectivity index is 3.13. The molecule has 3 heteroatoms. The van der Waals surface area contributed by atoms with E-state index in [-0.39, 0.29) is 5.78 Å². The molecule has 82 valence electrons. The Kier molecular flexibility index (Phi) is 8.48. The maximum atomic E-state index is 11.1. The zero-order chi connectivity index (χ0) is 10.8. The summed E-state index contributed by atoms with van der Waals surface area (Å²) in [7, 11) is 1.65. The maximum absolute atomic E-state index is 11.1. The highest BCUT2D eigenvalue weighted by Gasteiger charge is 2.00. The second-order valence-electron chi connectivity index (χ2n) is 3.27. The van der Waals surface area contributed by atoms with Crippen molar-refractivity contribution in [3.8, 4) is 0 Å². The molecule has 0 aromatic carbocycles. The van der Waals surface area contributed by atoms with Crippen LogP contribution in [-0.4, -0.2) is 32.7 Å². The molecule has 0 aromatic rings. The zero-order valence-corrected chi connectivity index (χ0v) is 9.17. The molecule has 0 fully saturated rings. The van der Waals surface area contributed by atoms with Gasteiger partial charge in [0.25, 0.3) is 0 Å². The summed E-state index contributed by atoms with van der Waals surface area (Å²) in [4.78, 5) is 11.1. The van der Waals surface area contributed by atoms with Gasteiger partial charge in [0.05, 0.1) is 13.2 Å². The van der Waals surface area contributed by atoms with Gasteiger partial charge in [-0.2, -0.15) is 0 Å². The van der Waals surface area contributed by atoms with Gasteiger partial charge < -0.3 is 9.47 Å². The second kappa shape index (κ2) is 8.91. The Morgan fingerprint density at radius 2 is 1.93 bits per heavy atom. The number of Topliss-reactive ketones (excluding diaryl/α,β-unsaturated/α-hetero) is 1. The van der Waals surface area contributed by atoms with E-state index in [0.717, 1.165) is 12.8 Å². The van der Waals surface area contributed by atoms with Crippen LogP contribution in [0, 0.1) is 0 Å². The molecule has 0 bridgehead atoms. The normalized spacial score (nSPS) is 10.1. The van der Waals surface area contributed by atoms with E-state index in [1.807, 2.05) is 0 Å². The summed E-state index contributed by atoms with van der Waals surface area (Å²) in [5.74, 6) is 0.155. The maximum Gasteiger partial charge on any atom is 0.157 e. The molecule has 0 spiro atoms. The topological polar surface area (TPSA) is 35.5 Å². The molecule has 0 amide bonds. The predicted octanol–water partition coefficient (Wildman–Crippen LogP) is 1.96. The van der Waals surface area contributed by atoms with E-state index in [2.05, 4.69) is 6.58 Å². The molecule has 0 unspecified atom stereocenters. The number of allylic oxidation sites excluding steroid dienone is 1.